The second-order valence-electron chi connectivity index (χ2n) is 4.72. The van der Waals surface area contributed by atoms with E-state index in [1.54, 1.807) is 4.90 Å². The molecule has 0 aromatic carbocycles. The van der Waals surface area contributed by atoms with Gasteiger partial charge in [0.1, 0.15) is 4.88 Å². The highest BCUT2D eigenvalue weighted by molar-refractivity contribution is 7.89. The maximum atomic E-state index is 12.5. The van der Waals surface area contributed by atoms with Gasteiger partial charge in [0, 0.05) is 38.5 Å². The summed E-state index contributed by atoms with van der Waals surface area (Å²) in [4.78, 5) is 23.8. The molecule has 21 heavy (non-hydrogen) atoms. The van der Waals surface area contributed by atoms with Crippen molar-refractivity contribution in [1.82, 2.24) is 9.21 Å². The minimum absolute atomic E-state index is 0.00109. The number of carboxylic acids is 1. The molecule has 1 amide bonds. The zero-order chi connectivity index (χ0) is 15.6. The summed E-state index contributed by atoms with van der Waals surface area (Å²) in [7, 11) is -3.70. The van der Waals surface area contributed by atoms with Crippen molar-refractivity contribution in [1.29, 1.82) is 0 Å². The zero-order valence-corrected chi connectivity index (χ0v) is 13.1. The van der Waals surface area contributed by atoms with E-state index in [1.165, 1.54) is 22.7 Å². The number of carboxylic acid groups (broad SMARTS) is 1. The van der Waals surface area contributed by atoms with Crippen molar-refractivity contribution in [3.8, 4) is 0 Å². The van der Waals surface area contributed by atoms with Gasteiger partial charge in [0.2, 0.25) is 15.9 Å². The molecule has 1 aromatic rings. The minimum Gasteiger partial charge on any atom is -0.477 e. The molecule has 2 heterocycles. The Bertz CT molecular complexity index is 652. The monoisotopic (exact) mass is 332 g/mol. The Hall–Kier alpha value is -1.45. The molecule has 1 aliphatic rings. The van der Waals surface area contributed by atoms with Crippen LogP contribution < -0.4 is 0 Å². The molecule has 1 N–H and O–H groups in total. The van der Waals surface area contributed by atoms with Gasteiger partial charge < -0.3 is 10.0 Å². The van der Waals surface area contributed by atoms with Gasteiger partial charge in [-0.3, -0.25) is 4.79 Å². The van der Waals surface area contributed by atoms with Gasteiger partial charge in [-0.25, -0.2) is 13.2 Å². The molecule has 0 atom stereocenters. The zero-order valence-electron chi connectivity index (χ0n) is 11.5. The molecule has 2 rings (SSSR count). The molecular weight excluding hydrogens is 316 g/mol. The quantitative estimate of drug-likeness (QED) is 0.879. The summed E-state index contributed by atoms with van der Waals surface area (Å²) in [6.45, 7) is 2.89. The summed E-state index contributed by atoms with van der Waals surface area (Å²) in [6.07, 6.45) is 0.564. The fraction of sp³-hybridized carbons (Fsp3) is 0.500. The summed E-state index contributed by atoms with van der Waals surface area (Å²) in [5.41, 5.74) is 0. The van der Waals surface area contributed by atoms with Gasteiger partial charge in [-0.15, -0.1) is 11.3 Å². The van der Waals surface area contributed by atoms with Gasteiger partial charge in [0.15, 0.2) is 0 Å². The molecule has 1 saturated heterocycles. The first-order chi connectivity index (χ1) is 9.82. The lowest BCUT2D eigenvalue weighted by atomic mass is 10.4. The lowest BCUT2D eigenvalue weighted by Crippen LogP contribution is -2.36. The van der Waals surface area contributed by atoms with Gasteiger partial charge in [0.25, 0.3) is 0 Å². The van der Waals surface area contributed by atoms with Crippen molar-refractivity contribution in [3.63, 3.8) is 0 Å². The Kier molecular flexibility index (Phi) is 4.64. The molecule has 0 spiro atoms. The van der Waals surface area contributed by atoms with Crippen molar-refractivity contribution >= 4 is 33.2 Å². The summed E-state index contributed by atoms with van der Waals surface area (Å²) < 4.78 is 26.3. The van der Waals surface area contributed by atoms with Gasteiger partial charge in [-0.1, -0.05) is 0 Å². The van der Waals surface area contributed by atoms with E-state index in [0.29, 0.717) is 26.1 Å². The summed E-state index contributed by atoms with van der Waals surface area (Å²) in [5.74, 6) is -1.21. The number of rotatable bonds is 3. The van der Waals surface area contributed by atoms with Crippen molar-refractivity contribution in [3.05, 3.63) is 16.3 Å². The Morgan fingerprint density at radius 1 is 1.24 bits per heavy atom. The Morgan fingerprint density at radius 3 is 2.52 bits per heavy atom. The lowest BCUT2D eigenvalue weighted by Gasteiger charge is -2.20. The Labute approximate surface area is 126 Å². The first-order valence-electron chi connectivity index (χ1n) is 6.40. The van der Waals surface area contributed by atoms with Gasteiger partial charge in [-0.05, 0) is 12.5 Å². The van der Waals surface area contributed by atoms with Crippen molar-refractivity contribution < 1.29 is 23.1 Å². The van der Waals surface area contributed by atoms with Crippen LogP contribution in [0.25, 0.3) is 0 Å². The fourth-order valence-electron chi connectivity index (χ4n) is 2.16. The maximum Gasteiger partial charge on any atom is 0.345 e. The highest BCUT2D eigenvalue weighted by atomic mass is 32.2. The van der Waals surface area contributed by atoms with E-state index in [9.17, 15) is 18.0 Å². The molecule has 0 radical (unpaired) electrons. The molecule has 0 aliphatic carbocycles. The van der Waals surface area contributed by atoms with Crippen molar-refractivity contribution in [2.75, 3.05) is 26.2 Å². The smallest absolute Gasteiger partial charge is 0.345 e. The van der Waals surface area contributed by atoms with Crippen LogP contribution in [0.1, 0.15) is 23.0 Å². The minimum atomic E-state index is -3.70. The van der Waals surface area contributed by atoms with Crippen LogP contribution in [-0.2, 0) is 14.8 Å². The van der Waals surface area contributed by atoms with Crippen LogP contribution in [0.15, 0.2) is 16.3 Å². The molecule has 0 bridgehead atoms. The first kappa shape index (κ1) is 15.9. The van der Waals surface area contributed by atoms with Crippen LogP contribution in [0.2, 0.25) is 0 Å². The van der Waals surface area contributed by atoms with E-state index < -0.39 is 16.0 Å². The molecule has 116 valence electrons. The molecule has 1 aromatic heterocycles. The molecule has 7 nitrogen and oxygen atoms in total. The van der Waals surface area contributed by atoms with E-state index in [4.69, 9.17) is 5.11 Å². The van der Waals surface area contributed by atoms with Crippen LogP contribution in [0.3, 0.4) is 0 Å². The van der Waals surface area contributed by atoms with Crippen LogP contribution >= 0.6 is 11.3 Å². The third-order valence-electron chi connectivity index (χ3n) is 3.32. The average Bonchev–Trinajstić information content (AvgIpc) is 2.77. The average molecular weight is 332 g/mol. The normalized spacial score (nSPS) is 17.5. The van der Waals surface area contributed by atoms with E-state index >= 15 is 0 Å². The molecule has 0 saturated carbocycles. The molecule has 9 heteroatoms. The van der Waals surface area contributed by atoms with Gasteiger partial charge in [-0.2, -0.15) is 4.31 Å². The number of hydrogen-bond acceptors (Lipinski definition) is 5. The SMILES string of the molecule is CC(=O)N1CCCN(S(=O)(=O)c2csc(C(=O)O)c2)CC1. The summed E-state index contributed by atoms with van der Waals surface area (Å²) in [6, 6.07) is 1.18. The lowest BCUT2D eigenvalue weighted by molar-refractivity contribution is -0.128. The van der Waals surface area contributed by atoms with E-state index in [0.717, 1.165) is 11.3 Å². The topological polar surface area (TPSA) is 95.0 Å². The number of hydrogen-bond donors (Lipinski definition) is 1. The number of amides is 1. The molecule has 1 fully saturated rings. The number of carbonyl (C=O) groups is 2. The first-order valence-corrected chi connectivity index (χ1v) is 8.72. The largest absolute Gasteiger partial charge is 0.477 e. The molecule has 1 aliphatic heterocycles. The number of aromatic carboxylic acids is 1. The highest BCUT2D eigenvalue weighted by Crippen LogP contribution is 2.23. The van der Waals surface area contributed by atoms with E-state index in [1.807, 2.05) is 0 Å². The van der Waals surface area contributed by atoms with Crippen LogP contribution in [0.5, 0.6) is 0 Å². The third kappa shape index (κ3) is 3.42. The van der Waals surface area contributed by atoms with E-state index in [2.05, 4.69) is 0 Å². The van der Waals surface area contributed by atoms with Crippen molar-refractivity contribution in [2.45, 2.75) is 18.2 Å². The van der Waals surface area contributed by atoms with Gasteiger partial charge in [0.05, 0.1) is 4.90 Å². The van der Waals surface area contributed by atoms with Gasteiger partial charge >= 0.3 is 5.97 Å². The van der Waals surface area contributed by atoms with Crippen molar-refractivity contribution in [2.24, 2.45) is 0 Å². The number of carbonyl (C=O) groups excluding carboxylic acids is 1. The van der Waals surface area contributed by atoms with Crippen LogP contribution in [-0.4, -0.2) is 60.8 Å². The number of thiophene rings is 1. The predicted octanol–water partition coefficient (Wildman–Crippen LogP) is 0.689. The van der Waals surface area contributed by atoms with Crippen LogP contribution in [0, 0.1) is 0 Å². The number of sulfonamides is 1. The molecular formula is C12H16N2O5S2. The second kappa shape index (κ2) is 6.12. The van der Waals surface area contributed by atoms with Crippen LogP contribution in [0.4, 0.5) is 0 Å². The predicted molar refractivity (Wildman–Crippen MR) is 76.9 cm³/mol. The fourth-order valence-corrected chi connectivity index (χ4v) is 4.73. The number of nitrogens with zero attached hydrogens (tertiary/aromatic N) is 2. The Balaban J connectivity index is 2.19. The van der Waals surface area contributed by atoms with E-state index in [-0.39, 0.29) is 22.2 Å². The second-order valence-corrected chi connectivity index (χ2v) is 7.56. The maximum absolute atomic E-state index is 12.5. The molecule has 0 unspecified atom stereocenters. The third-order valence-corrected chi connectivity index (χ3v) is 6.27. The standard InChI is InChI=1S/C12H16N2O5S2/c1-9(15)13-3-2-4-14(6-5-13)21(18,19)10-7-11(12(16)17)20-8-10/h7-8H,2-6H2,1H3,(H,16,17). The summed E-state index contributed by atoms with van der Waals surface area (Å²) in [5, 5.41) is 10.2. The summed E-state index contributed by atoms with van der Waals surface area (Å²) >= 11 is 0.889. The Morgan fingerprint density at radius 2 is 1.95 bits per heavy atom. The highest BCUT2D eigenvalue weighted by Gasteiger charge is 2.28.